The third kappa shape index (κ3) is 4.51. The molecule has 0 aliphatic heterocycles. The molecule has 0 atom stereocenters. The molecule has 0 spiro atoms. The number of aromatic nitrogens is 1. The summed E-state index contributed by atoms with van der Waals surface area (Å²) in [6.45, 7) is 0.0242. The first kappa shape index (κ1) is 16.5. The van der Waals surface area contributed by atoms with Crippen molar-refractivity contribution in [2.24, 2.45) is 5.73 Å². The molecule has 0 fully saturated rings. The Morgan fingerprint density at radius 1 is 1.45 bits per heavy atom. The van der Waals surface area contributed by atoms with Gasteiger partial charge < -0.3 is 10.6 Å². The van der Waals surface area contributed by atoms with Crippen LogP contribution in [-0.2, 0) is 14.8 Å². The van der Waals surface area contributed by atoms with Crippen LogP contribution in [0.1, 0.15) is 12.1 Å². The molecule has 3 N–H and O–H groups in total. The SMILES string of the molecule is CN(C)C(=O)CCNS(=O)(=O)c1ccc(C(N)=S)nc1. The molecular formula is C11H16N4O3S2. The minimum absolute atomic E-state index is 0.00481. The number of hydrogen-bond acceptors (Lipinski definition) is 5. The lowest BCUT2D eigenvalue weighted by molar-refractivity contribution is -0.128. The molecule has 1 aromatic rings. The van der Waals surface area contributed by atoms with Gasteiger partial charge in [0.1, 0.15) is 9.88 Å². The summed E-state index contributed by atoms with van der Waals surface area (Å²) in [5.41, 5.74) is 5.73. The van der Waals surface area contributed by atoms with Crippen molar-refractivity contribution in [1.29, 1.82) is 0 Å². The lowest BCUT2D eigenvalue weighted by atomic mass is 10.3. The van der Waals surface area contributed by atoms with E-state index < -0.39 is 10.0 Å². The van der Waals surface area contributed by atoms with E-state index in [2.05, 4.69) is 9.71 Å². The second-order valence-corrected chi connectivity index (χ2v) is 6.39. The van der Waals surface area contributed by atoms with Gasteiger partial charge in [-0.1, -0.05) is 12.2 Å². The van der Waals surface area contributed by atoms with E-state index >= 15 is 0 Å². The summed E-state index contributed by atoms with van der Waals surface area (Å²) < 4.78 is 26.2. The van der Waals surface area contributed by atoms with Gasteiger partial charge in [-0.05, 0) is 12.1 Å². The third-order valence-corrected chi connectivity index (χ3v) is 4.08. The van der Waals surface area contributed by atoms with Crippen molar-refractivity contribution < 1.29 is 13.2 Å². The molecule has 1 heterocycles. The van der Waals surface area contributed by atoms with Gasteiger partial charge in [-0.2, -0.15) is 0 Å². The van der Waals surface area contributed by atoms with Gasteiger partial charge in [0.05, 0.1) is 5.69 Å². The second kappa shape index (κ2) is 6.73. The number of amides is 1. The first-order chi connectivity index (χ1) is 9.24. The van der Waals surface area contributed by atoms with Crippen LogP contribution in [0.5, 0.6) is 0 Å². The van der Waals surface area contributed by atoms with E-state index in [1.165, 1.54) is 23.2 Å². The Morgan fingerprint density at radius 2 is 2.10 bits per heavy atom. The van der Waals surface area contributed by atoms with Crippen LogP contribution in [0.25, 0.3) is 0 Å². The van der Waals surface area contributed by atoms with E-state index in [-0.39, 0.29) is 28.8 Å². The van der Waals surface area contributed by atoms with E-state index in [9.17, 15) is 13.2 Å². The monoisotopic (exact) mass is 316 g/mol. The highest BCUT2D eigenvalue weighted by Crippen LogP contribution is 2.07. The molecular weight excluding hydrogens is 300 g/mol. The highest BCUT2D eigenvalue weighted by Gasteiger charge is 2.15. The minimum atomic E-state index is -3.69. The van der Waals surface area contributed by atoms with E-state index in [0.29, 0.717) is 5.69 Å². The number of hydrogen-bond donors (Lipinski definition) is 2. The molecule has 0 radical (unpaired) electrons. The molecule has 0 aliphatic rings. The first-order valence-corrected chi connectivity index (χ1v) is 7.59. The predicted molar refractivity (Wildman–Crippen MR) is 78.6 cm³/mol. The number of nitrogens with zero attached hydrogens (tertiary/aromatic N) is 2. The maximum atomic E-state index is 11.9. The molecule has 1 aromatic heterocycles. The average molecular weight is 316 g/mol. The number of nitrogens with two attached hydrogens (primary N) is 1. The highest BCUT2D eigenvalue weighted by molar-refractivity contribution is 7.89. The zero-order valence-corrected chi connectivity index (χ0v) is 12.8. The Kier molecular flexibility index (Phi) is 5.54. The zero-order valence-electron chi connectivity index (χ0n) is 11.2. The number of sulfonamides is 1. The number of carbonyl (C=O) groups excluding carboxylic acids is 1. The number of carbonyl (C=O) groups is 1. The fourth-order valence-electron chi connectivity index (χ4n) is 1.28. The Morgan fingerprint density at radius 3 is 2.55 bits per heavy atom. The van der Waals surface area contributed by atoms with Crippen LogP contribution < -0.4 is 10.5 Å². The van der Waals surface area contributed by atoms with Gasteiger partial charge in [-0.3, -0.25) is 9.78 Å². The maximum Gasteiger partial charge on any atom is 0.242 e. The summed E-state index contributed by atoms with van der Waals surface area (Å²) in [5, 5.41) is 0. The standard InChI is InChI=1S/C11H16N4O3S2/c1-15(2)10(16)5-6-14-20(17,18)8-3-4-9(11(12)19)13-7-8/h3-4,7,14H,5-6H2,1-2H3,(H2,12,19). The Bertz CT molecular complexity index is 597. The van der Waals surface area contributed by atoms with Crippen molar-refractivity contribution in [3.05, 3.63) is 24.0 Å². The summed E-state index contributed by atoms with van der Waals surface area (Å²) in [4.78, 5) is 16.7. The van der Waals surface area contributed by atoms with Gasteiger partial charge in [0, 0.05) is 33.3 Å². The van der Waals surface area contributed by atoms with Crippen LogP contribution >= 0.6 is 12.2 Å². The van der Waals surface area contributed by atoms with Gasteiger partial charge in [0.2, 0.25) is 15.9 Å². The molecule has 20 heavy (non-hydrogen) atoms. The van der Waals surface area contributed by atoms with Crippen LogP contribution in [0.2, 0.25) is 0 Å². The summed E-state index contributed by atoms with van der Waals surface area (Å²) in [6.07, 6.45) is 1.26. The largest absolute Gasteiger partial charge is 0.388 e. The van der Waals surface area contributed by atoms with Crippen LogP contribution in [-0.4, -0.2) is 49.8 Å². The molecule has 9 heteroatoms. The van der Waals surface area contributed by atoms with E-state index in [0.717, 1.165) is 0 Å². The van der Waals surface area contributed by atoms with Crippen molar-refractivity contribution in [2.75, 3.05) is 20.6 Å². The zero-order chi connectivity index (χ0) is 15.3. The lowest BCUT2D eigenvalue weighted by Crippen LogP contribution is -2.30. The van der Waals surface area contributed by atoms with E-state index in [1.54, 1.807) is 14.1 Å². The summed E-state index contributed by atoms with van der Waals surface area (Å²) in [5.74, 6) is -0.158. The molecule has 1 amide bonds. The van der Waals surface area contributed by atoms with Crippen molar-refractivity contribution in [3.63, 3.8) is 0 Å². The maximum absolute atomic E-state index is 11.9. The molecule has 0 bridgehead atoms. The van der Waals surface area contributed by atoms with Gasteiger partial charge in [-0.15, -0.1) is 0 Å². The van der Waals surface area contributed by atoms with Crippen molar-refractivity contribution in [2.45, 2.75) is 11.3 Å². The number of nitrogens with one attached hydrogen (secondary N) is 1. The normalized spacial score (nSPS) is 11.1. The van der Waals surface area contributed by atoms with Crippen molar-refractivity contribution in [1.82, 2.24) is 14.6 Å². The van der Waals surface area contributed by atoms with E-state index in [4.69, 9.17) is 18.0 Å². The summed E-state index contributed by atoms with van der Waals surface area (Å²) in [7, 11) is -0.479. The fraction of sp³-hybridized carbons (Fsp3) is 0.364. The third-order valence-electron chi connectivity index (χ3n) is 2.43. The van der Waals surface area contributed by atoms with Gasteiger partial charge >= 0.3 is 0 Å². The van der Waals surface area contributed by atoms with Crippen LogP contribution in [0.15, 0.2) is 23.2 Å². The Balaban J connectivity index is 2.69. The fourth-order valence-corrected chi connectivity index (χ4v) is 2.38. The molecule has 0 saturated carbocycles. The number of thiocarbonyl (C=S) groups is 1. The molecule has 0 aliphatic carbocycles. The van der Waals surface area contributed by atoms with Crippen LogP contribution in [0.3, 0.4) is 0 Å². The molecule has 0 unspecified atom stereocenters. The molecule has 0 saturated heterocycles. The van der Waals surface area contributed by atoms with Crippen LogP contribution in [0.4, 0.5) is 0 Å². The minimum Gasteiger partial charge on any atom is -0.388 e. The summed E-state index contributed by atoms with van der Waals surface area (Å²) >= 11 is 4.73. The Labute approximate surface area is 123 Å². The number of pyridine rings is 1. The lowest BCUT2D eigenvalue weighted by Gasteiger charge is -2.10. The smallest absolute Gasteiger partial charge is 0.242 e. The quantitative estimate of drug-likeness (QED) is 0.684. The molecule has 0 aromatic carbocycles. The highest BCUT2D eigenvalue weighted by atomic mass is 32.2. The first-order valence-electron chi connectivity index (χ1n) is 5.69. The molecule has 7 nitrogen and oxygen atoms in total. The van der Waals surface area contributed by atoms with Gasteiger partial charge in [0.25, 0.3) is 0 Å². The van der Waals surface area contributed by atoms with Crippen molar-refractivity contribution in [3.8, 4) is 0 Å². The number of rotatable bonds is 6. The average Bonchev–Trinajstić information content (AvgIpc) is 2.38. The predicted octanol–water partition coefficient (Wildman–Crippen LogP) is -0.528. The topological polar surface area (TPSA) is 105 Å². The molecule has 1 rings (SSSR count). The van der Waals surface area contributed by atoms with Gasteiger partial charge in [0.15, 0.2) is 0 Å². The van der Waals surface area contributed by atoms with Crippen LogP contribution in [0, 0.1) is 0 Å². The van der Waals surface area contributed by atoms with Gasteiger partial charge in [-0.25, -0.2) is 13.1 Å². The Hall–Kier alpha value is -1.58. The summed E-state index contributed by atoms with van der Waals surface area (Å²) in [6, 6.07) is 2.79. The second-order valence-electron chi connectivity index (χ2n) is 4.18. The molecule has 110 valence electrons. The van der Waals surface area contributed by atoms with Crippen molar-refractivity contribution >= 4 is 33.1 Å². The van der Waals surface area contributed by atoms with E-state index in [1.807, 2.05) is 0 Å².